The van der Waals surface area contributed by atoms with Gasteiger partial charge in [-0.3, -0.25) is 0 Å². The molecule has 3 aliphatic carbocycles. The number of benzene rings is 7. The van der Waals surface area contributed by atoms with Crippen LogP contribution in [0.5, 0.6) is 0 Å². The molecule has 0 amide bonds. The Morgan fingerprint density at radius 2 is 1.13 bits per heavy atom. The molecule has 54 heavy (non-hydrogen) atoms. The number of fused-ring (bicyclic) bond motifs is 9. The summed E-state index contributed by atoms with van der Waals surface area (Å²) in [6, 6.07) is 60.9. The summed E-state index contributed by atoms with van der Waals surface area (Å²) in [5, 5.41) is 1.16. The number of rotatable bonds is 5. The molecule has 0 bridgehead atoms. The van der Waals surface area contributed by atoms with Gasteiger partial charge in [0.1, 0.15) is 11.3 Å². The molecule has 0 N–H and O–H groups in total. The number of hydrogen-bond acceptors (Lipinski definition) is 2. The molecule has 0 aliphatic heterocycles. The standard InChI is InChI=1S/C52H39NO/c1-51(2)43-24-10-6-20-38(43)41-31-30-37(33-46(41)51)53(47-27-15-29-49-50(47)42-23-9-13-28-48(42)54-49)36-19-14-18-35(32-36)52(34-16-4-3-5-17-34)44-25-11-7-21-39(44)40-22-8-12-26-45(40)52/h3-12,14-27,29-33H,13,28H2,1-2H3. The first-order valence-corrected chi connectivity index (χ1v) is 19.2. The van der Waals surface area contributed by atoms with E-state index in [9.17, 15) is 0 Å². The summed E-state index contributed by atoms with van der Waals surface area (Å²) >= 11 is 0. The zero-order chi connectivity index (χ0) is 36.0. The quantitative estimate of drug-likeness (QED) is 0.178. The van der Waals surface area contributed by atoms with Gasteiger partial charge < -0.3 is 9.32 Å². The molecule has 0 fully saturated rings. The zero-order valence-electron chi connectivity index (χ0n) is 30.5. The Balaban J connectivity index is 1.19. The highest BCUT2D eigenvalue weighted by molar-refractivity contribution is 6.03. The summed E-state index contributed by atoms with van der Waals surface area (Å²) in [7, 11) is 0. The molecule has 8 aromatic rings. The Morgan fingerprint density at radius 1 is 0.519 bits per heavy atom. The fourth-order valence-corrected chi connectivity index (χ4v) is 10.0. The lowest BCUT2D eigenvalue weighted by molar-refractivity contribution is 0.546. The molecule has 3 aliphatic rings. The maximum Gasteiger partial charge on any atom is 0.137 e. The molecule has 0 atom stereocenters. The molecule has 0 spiro atoms. The Hall–Kier alpha value is -6.38. The van der Waals surface area contributed by atoms with E-state index in [-0.39, 0.29) is 5.41 Å². The minimum atomic E-state index is -0.499. The molecule has 258 valence electrons. The second-order valence-corrected chi connectivity index (χ2v) is 15.5. The number of furan rings is 1. The maximum atomic E-state index is 6.58. The second kappa shape index (κ2) is 11.6. The van der Waals surface area contributed by atoms with Gasteiger partial charge in [0, 0.05) is 28.8 Å². The van der Waals surface area contributed by atoms with Crippen molar-refractivity contribution in [1.29, 1.82) is 0 Å². The van der Waals surface area contributed by atoms with E-state index in [2.05, 4.69) is 195 Å². The van der Waals surface area contributed by atoms with Gasteiger partial charge in [-0.25, -0.2) is 0 Å². The lowest BCUT2D eigenvalue weighted by atomic mass is 9.67. The van der Waals surface area contributed by atoms with E-state index < -0.39 is 5.41 Å². The van der Waals surface area contributed by atoms with Crippen molar-refractivity contribution in [3.05, 3.63) is 215 Å². The van der Waals surface area contributed by atoms with Gasteiger partial charge in [-0.15, -0.1) is 0 Å². The Morgan fingerprint density at radius 3 is 1.89 bits per heavy atom. The summed E-state index contributed by atoms with van der Waals surface area (Å²) in [5.74, 6) is 1.07. The van der Waals surface area contributed by atoms with E-state index in [0.717, 1.165) is 46.6 Å². The molecule has 0 unspecified atom stereocenters. The third-order valence-electron chi connectivity index (χ3n) is 12.4. The monoisotopic (exact) mass is 693 g/mol. The van der Waals surface area contributed by atoms with Crippen LogP contribution in [-0.4, -0.2) is 0 Å². The van der Waals surface area contributed by atoms with Crippen LogP contribution < -0.4 is 4.90 Å². The van der Waals surface area contributed by atoms with Crippen molar-refractivity contribution < 1.29 is 4.42 Å². The summed E-state index contributed by atoms with van der Waals surface area (Å²) in [6.07, 6.45) is 6.47. The molecule has 1 heterocycles. The lowest BCUT2D eigenvalue weighted by Crippen LogP contribution is -2.28. The van der Waals surface area contributed by atoms with Gasteiger partial charge >= 0.3 is 0 Å². The van der Waals surface area contributed by atoms with Crippen molar-refractivity contribution in [3.8, 4) is 22.3 Å². The number of allylic oxidation sites excluding steroid dienone is 1. The third-order valence-corrected chi connectivity index (χ3v) is 12.4. The van der Waals surface area contributed by atoms with Crippen molar-refractivity contribution in [2.75, 3.05) is 4.90 Å². The molecular formula is C52H39NO. The van der Waals surface area contributed by atoms with Gasteiger partial charge in [0.25, 0.3) is 0 Å². The van der Waals surface area contributed by atoms with Gasteiger partial charge in [0.2, 0.25) is 0 Å². The van der Waals surface area contributed by atoms with E-state index in [0.29, 0.717) is 0 Å². The van der Waals surface area contributed by atoms with Gasteiger partial charge in [0.05, 0.1) is 16.5 Å². The van der Waals surface area contributed by atoms with Crippen LogP contribution in [0.4, 0.5) is 17.1 Å². The number of nitrogens with zero attached hydrogens (tertiary/aromatic N) is 1. The molecule has 7 aromatic carbocycles. The van der Waals surface area contributed by atoms with Crippen LogP contribution in [0.2, 0.25) is 0 Å². The first-order valence-electron chi connectivity index (χ1n) is 19.2. The highest BCUT2D eigenvalue weighted by Gasteiger charge is 2.46. The van der Waals surface area contributed by atoms with Crippen molar-refractivity contribution in [2.45, 2.75) is 37.5 Å². The van der Waals surface area contributed by atoms with Crippen molar-refractivity contribution in [1.82, 2.24) is 0 Å². The van der Waals surface area contributed by atoms with Crippen LogP contribution in [0, 0.1) is 0 Å². The maximum absolute atomic E-state index is 6.58. The minimum Gasteiger partial charge on any atom is -0.460 e. The normalized spacial score (nSPS) is 15.3. The molecule has 2 heteroatoms. The topological polar surface area (TPSA) is 16.4 Å². The molecule has 0 saturated carbocycles. The van der Waals surface area contributed by atoms with Crippen molar-refractivity contribution in [3.63, 3.8) is 0 Å². The van der Waals surface area contributed by atoms with Crippen molar-refractivity contribution >= 4 is 34.1 Å². The second-order valence-electron chi connectivity index (χ2n) is 15.5. The molecule has 2 nitrogen and oxygen atoms in total. The summed E-state index contributed by atoms with van der Waals surface area (Å²) in [6.45, 7) is 4.73. The van der Waals surface area contributed by atoms with Crippen LogP contribution in [-0.2, 0) is 17.3 Å². The average Bonchev–Trinajstić information content (AvgIpc) is 3.83. The number of anilines is 3. The van der Waals surface area contributed by atoms with E-state index in [4.69, 9.17) is 4.42 Å². The summed E-state index contributed by atoms with van der Waals surface area (Å²) in [5.41, 5.74) is 18.0. The lowest BCUT2D eigenvalue weighted by Gasteiger charge is -2.35. The van der Waals surface area contributed by atoms with E-state index >= 15 is 0 Å². The smallest absolute Gasteiger partial charge is 0.137 e. The SMILES string of the molecule is CC1(C)c2ccccc2-c2ccc(N(c3cccc(C4(c5ccccc5)c5ccccc5-c5ccccc54)c3)c3cccc4oc5c(c34)C=CCC5)cc21. The first-order chi connectivity index (χ1) is 26.5. The van der Waals surface area contributed by atoms with Crippen molar-refractivity contribution in [2.24, 2.45) is 0 Å². The predicted molar refractivity (Wildman–Crippen MR) is 223 cm³/mol. The predicted octanol–water partition coefficient (Wildman–Crippen LogP) is 13.5. The van der Waals surface area contributed by atoms with E-state index in [1.807, 2.05) is 0 Å². The molecule has 0 saturated heterocycles. The van der Waals surface area contributed by atoms with Gasteiger partial charge in [-0.05, 0) is 98.5 Å². The Kier molecular flexibility index (Phi) is 6.67. The largest absolute Gasteiger partial charge is 0.460 e. The number of aryl methyl sites for hydroxylation is 1. The number of hydrogen-bond donors (Lipinski definition) is 0. The first kappa shape index (κ1) is 31.2. The van der Waals surface area contributed by atoms with Gasteiger partial charge in [-0.2, -0.15) is 0 Å². The molecule has 0 radical (unpaired) electrons. The molecule has 11 rings (SSSR count). The highest BCUT2D eigenvalue weighted by atomic mass is 16.3. The van der Waals surface area contributed by atoms with E-state index in [1.165, 1.54) is 61.2 Å². The molecule has 1 aromatic heterocycles. The third kappa shape index (κ3) is 4.23. The van der Waals surface area contributed by atoms with E-state index in [1.54, 1.807) is 0 Å². The molecular weight excluding hydrogens is 655 g/mol. The van der Waals surface area contributed by atoms with Crippen LogP contribution in [0.3, 0.4) is 0 Å². The van der Waals surface area contributed by atoms with Crippen LogP contribution in [0.15, 0.2) is 174 Å². The van der Waals surface area contributed by atoms with Crippen LogP contribution in [0.25, 0.3) is 39.3 Å². The Bertz CT molecular complexity index is 2770. The zero-order valence-corrected chi connectivity index (χ0v) is 30.5. The summed E-state index contributed by atoms with van der Waals surface area (Å²) in [4.78, 5) is 2.48. The van der Waals surface area contributed by atoms with Crippen LogP contribution in [0.1, 0.15) is 65.0 Å². The average molecular weight is 694 g/mol. The highest BCUT2D eigenvalue weighted by Crippen LogP contribution is 2.57. The van der Waals surface area contributed by atoms with Gasteiger partial charge in [0.15, 0.2) is 0 Å². The fraction of sp³-hybridized carbons (Fsp3) is 0.115. The Labute approximate surface area is 316 Å². The summed E-state index contributed by atoms with van der Waals surface area (Å²) < 4.78 is 6.58. The van der Waals surface area contributed by atoms with Gasteiger partial charge in [-0.1, -0.05) is 153 Å². The minimum absolute atomic E-state index is 0.131. The fourth-order valence-electron chi connectivity index (χ4n) is 10.0. The van der Waals surface area contributed by atoms with Crippen LogP contribution >= 0.6 is 0 Å².